The van der Waals surface area contributed by atoms with Crippen molar-refractivity contribution in [2.75, 3.05) is 20.2 Å². The van der Waals surface area contributed by atoms with Crippen LogP contribution in [0.3, 0.4) is 0 Å². The van der Waals surface area contributed by atoms with Crippen molar-refractivity contribution in [2.24, 2.45) is 11.8 Å². The minimum atomic E-state index is 0.508. The Morgan fingerprint density at radius 1 is 1.33 bits per heavy atom. The molecule has 4 heteroatoms. The van der Waals surface area contributed by atoms with E-state index in [0.717, 1.165) is 18.8 Å². The Labute approximate surface area is 109 Å². The fourth-order valence-electron chi connectivity index (χ4n) is 2.48. The van der Waals surface area contributed by atoms with Gasteiger partial charge in [-0.05, 0) is 37.8 Å². The maximum atomic E-state index is 5.30. The summed E-state index contributed by atoms with van der Waals surface area (Å²) in [5.74, 6) is 2.58. The average molecular weight is 249 g/mol. The molecule has 0 amide bonds. The third-order valence-corrected chi connectivity index (χ3v) is 3.61. The third kappa shape index (κ3) is 2.99. The number of hydrogen-bond donors (Lipinski definition) is 1. The van der Waals surface area contributed by atoms with E-state index in [4.69, 9.17) is 4.74 Å². The van der Waals surface area contributed by atoms with E-state index >= 15 is 0 Å². The molecule has 1 saturated carbocycles. The van der Waals surface area contributed by atoms with Gasteiger partial charge in [0, 0.05) is 18.3 Å². The van der Waals surface area contributed by atoms with Crippen molar-refractivity contribution in [2.45, 2.75) is 32.6 Å². The SMILES string of the molecule is COc1nccnc1C1CCC1CNCC(C)C. The van der Waals surface area contributed by atoms with E-state index in [1.807, 2.05) is 0 Å². The van der Waals surface area contributed by atoms with Crippen LogP contribution in [0.5, 0.6) is 5.88 Å². The first-order chi connectivity index (χ1) is 8.72. The van der Waals surface area contributed by atoms with E-state index in [1.54, 1.807) is 19.5 Å². The summed E-state index contributed by atoms with van der Waals surface area (Å²) in [6.07, 6.45) is 5.92. The van der Waals surface area contributed by atoms with E-state index in [2.05, 4.69) is 29.1 Å². The molecule has 1 N–H and O–H groups in total. The smallest absolute Gasteiger partial charge is 0.235 e. The number of rotatable bonds is 6. The molecule has 1 aromatic heterocycles. The number of aromatic nitrogens is 2. The summed E-state index contributed by atoms with van der Waals surface area (Å²) in [6, 6.07) is 0. The van der Waals surface area contributed by atoms with Crippen molar-refractivity contribution in [3.8, 4) is 5.88 Å². The second kappa shape index (κ2) is 6.14. The monoisotopic (exact) mass is 249 g/mol. The van der Waals surface area contributed by atoms with Crippen LogP contribution in [0.25, 0.3) is 0 Å². The lowest BCUT2D eigenvalue weighted by Gasteiger charge is -2.36. The molecular weight excluding hydrogens is 226 g/mol. The van der Waals surface area contributed by atoms with Crippen molar-refractivity contribution < 1.29 is 4.74 Å². The predicted octanol–water partition coefficient (Wildman–Crippen LogP) is 2.22. The number of methoxy groups -OCH3 is 1. The van der Waals surface area contributed by atoms with Gasteiger partial charge in [-0.3, -0.25) is 4.98 Å². The standard InChI is InChI=1S/C14H23N3O/c1-10(2)8-15-9-11-4-5-12(11)13-14(18-3)17-7-6-16-13/h6-7,10-12,15H,4-5,8-9H2,1-3H3. The average Bonchev–Trinajstić information content (AvgIpc) is 2.33. The molecule has 1 heterocycles. The molecule has 1 aliphatic carbocycles. The lowest BCUT2D eigenvalue weighted by molar-refractivity contribution is 0.231. The molecule has 0 aromatic carbocycles. The molecule has 2 rings (SSSR count). The molecule has 100 valence electrons. The molecule has 18 heavy (non-hydrogen) atoms. The molecule has 0 spiro atoms. The van der Waals surface area contributed by atoms with Crippen LogP contribution in [0.1, 0.15) is 38.3 Å². The summed E-state index contributed by atoms with van der Waals surface area (Å²) in [5, 5.41) is 3.53. The van der Waals surface area contributed by atoms with Gasteiger partial charge in [0.1, 0.15) is 5.69 Å². The molecule has 1 aromatic rings. The summed E-state index contributed by atoms with van der Waals surface area (Å²) < 4.78 is 5.30. The molecule has 0 bridgehead atoms. The van der Waals surface area contributed by atoms with Crippen molar-refractivity contribution in [3.05, 3.63) is 18.1 Å². The molecule has 0 saturated heterocycles. The summed E-state index contributed by atoms with van der Waals surface area (Å²) in [7, 11) is 1.66. The first-order valence-corrected chi connectivity index (χ1v) is 6.78. The van der Waals surface area contributed by atoms with Gasteiger partial charge in [0.15, 0.2) is 0 Å². The van der Waals surface area contributed by atoms with Crippen LogP contribution >= 0.6 is 0 Å². The Bertz CT molecular complexity index is 381. The van der Waals surface area contributed by atoms with Crippen molar-refractivity contribution in [1.29, 1.82) is 0 Å². The van der Waals surface area contributed by atoms with Crippen LogP contribution < -0.4 is 10.1 Å². The molecule has 0 radical (unpaired) electrons. The second-order valence-electron chi connectivity index (χ2n) is 5.45. The maximum absolute atomic E-state index is 5.30. The zero-order valence-corrected chi connectivity index (χ0v) is 11.5. The second-order valence-corrected chi connectivity index (χ2v) is 5.45. The van der Waals surface area contributed by atoms with Gasteiger partial charge in [0.05, 0.1) is 7.11 Å². The quantitative estimate of drug-likeness (QED) is 0.840. The Hall–Kier alpha value is -1.16. The number of nitrogens with one attached hydrogen (secondary N) is 1. The Morgan fingerprint density at radius 2 is 2.11 bits per heavy atom. The van der Waals surface area contributed by atoms with Gasteiger partial charge >= 0.3 is 0 Å². The van der Waals surface area contributed by atoms with Gasteiger partial charge in [-0.2, -0.15) is 0 Å². The number of ether oxygens (including phenoxy) is 1. The van der Waals surface area contributed by atoms with Crippen molar-refractivity contribution in [1.82, 2.24) is 15.3 Å². The molecule has 1 aliphatic rings. The van der Waals surface area contributed by atoms with Gasteiger partial charge in [0.2, 0.25) is 5.88 Å². The van der Waals surface area contributed by atoms with E-state index in [0.29, 0.717) is 23.6 Å². The van der Waals surface area contributed by atoms with Gasteiger partial charge in [-0.25, -0.2) is 4.98 Å². The van der Waals surface area contributed by atoms with Crippen LogP contribution in [0, 0.1) is 11.8 Å². The largest absolute Gasteiger partial charge is 0.480 e. The third-order valence-electron chi connectivity index (χ3n) is 3.61. The van der Waals surface area contributed by atoms with Gasteiger partial charge < -0.3 is 10.1 Å². The molecular formula is C14H23N3O. The van der Waals surface area contributed by atoms with Gasteiger partial charge in [0.25, 0.3) is 0 Å². The van der Waals surface area contributed by atoms with Crippen LogP contribution in [0.15, 0.2) is 12.4 Å². The highest BCUT2D eigenvalue weighted by Crippen LogP contribution is 2.43. The van der Waals surface area contributed by atoms with Gasteiger partial charge in [-0.15, -0.1) is 0 Å². The van der Waals surface area contributed by atoms with Crippen molar-refractivity contribution >= 4 is 0 Å². The predicted molar refractivity (Wildman–Crippen MR) is 71.8 cm³/mol. The van der Waals surface area contributed by atoms with Crippen LogP contribution in [0.2, 0.25) is 0 Å². The fraction of sp³-hybridized carbons (Fsp3) is 0.714. The maximum Gasteiger partial charge on any atom is 0.235 e. The molecule has 4 nitrogen and oxygen atoms in total. The van der Waals surface area contributed by atoms with Gasteiger partial charge in [-0.1, -0.05) is 13.8 Å². The fourth-order valence-corrected chi connectivity index (χ4v) is 2.48. The topological polar surface area (TPSA) is 47.0 Å². The summed E-state index contributed by atoms with van der Waals surface area (Å²) in [6.45, 7) is 6.62. The summed E-state index contributed by atoms with van der Waals surface area (Å²) in [4.78, 5) is 8.69. The normalized spacial score (nSPS) is 22.9. The minimum absolute atomic E-state index is 0.508. The number of hydrogen-bond acceptors (Lipinski definition) is 4. The zero-order chi connectivity index (χ0) is 13.0. The van der Waals surface area contributed by atoms with E-state index in [-0.39, 0.29) is 0 Å². The Morgan fingerprint density at radius 3 is 2.72 bits per heavy atom. The first-order valence-electron chi connectivity index (χ1n) is 6.78. The van der Waals surface area contributed by atoms with E-state index in [1.165, 1.54) is 12.8 Å². The Kier molecular flexibility index (Phi) is 4.53. The minimum Gasteiger partial charge on any atom is -0.480 e. The lowest BCUT2D eigenvalue weighted by atomic mass is 9.71. The highest BCUT2D eigenvalue weighted by Gasteiger charge is 2.35. The van der Waals surface area contributed by atoms with Crippen LogP contribution in [-0.4, -0.2) is 30.2 Å². The van der Waals surface area contributed by atoms with E-state index in [9.17, 15) is 0 Å². The highest BCUT2D eigenvalue weighted by molar-refractivity contribution is 5.24. The van der Waals surface area contributed by atoms with Crippen molar-refractivity contribution in [3.63, 3.8) is 0 Å². The lowest BCUT2D eigenvalue weighted by Crippen LogP contribution is -2.35. The summed E-state index contributed by atoms with van der Waals surface area (Å²) >= 11 is 0. The highest BCUT2D eigenvalue weighted by atomic mass is 16.5. The van der Waals surface area contributed by atoms with Crippen LogP contribution in [0.4, 0.5) is 0 Å². The summed E-state index contributed by atoms with van der Waals surface area (Å²) in [5.41, 5.74) is 1.03. The molecule has 1 fully saturated rings. The Balaban J connectivity index is 1.93. The van der Waals surface area contributed by atoms with E-state index < -0.39 is 0 Å². The molecule has 0 aliphatic heterocycles. The number of nitrogens with zero attached hydrogens (tertiary/aromatic N) is 2. The molecule has 2 unspecified atom stereocenters. The molecule has 2 atom stereocenters. The van der Waals surface area contributed by atoms with Crippen LogP contribution in [-0.2, 0) is 0 Å². The zero-order valence-electron chi connectivity index (χ0n) is 11.5. The first kappa shape index (κ1) is 13.3.